The molecule has 0 bridgehead atoms. The second-order valence-corrected chi connectivity index (χ2v) is 27.0. The summed E-state index contributed by atoms with van der Waals surface area (Å²) >= 11 is 3.15. The van der Waals surface area contributed by atoms with Crippen LogP contribution in [0.15, 0.2) is 9.98 Å². The van der Waals surface area contributed by atoms with Gasteiger partial charge in [-0.25, -0.2) is 0 Å². The first-order chi connectivity index (χ1) is 19.1. The van der Waals surface area contributed by atoms with Crippen LogP contribution in [0.4, 0.5) is 0 Å². The van der Waals surface area contributed by atoms with Crippen LogP contribution in [0.5, 0.6) is 0 Å². The molecule has 3 fully saturated rings. The molecular weight excluding hydrogens is 603 g/mol. The molecule has 242 valence electrons. The second-order valence-electron chi connectivity index (χ2n) is 14.7. The molecule has 42 heavy (non-hydrogen) atoms. The van der Waals surface area contributed by atoms with Crippen molar-refractivity contribution in [2.45, 2.75) is 113 Å². The number of hydrogen-bond acceptors (Lipinski definition) is 9. The minimum Gasteiger partial charge on any atom is -0.417 e. The summed E-state index contributed by atoms with van der Waals surface area (Å²) in [6, 6.07) is 0. The molecular formula is C29H57N5O4S2Si2. The first kappa shape index (κ1) is 37.5. The predicted molar refractivity (Wildman–Crippen MR) is 186 cm³/mol. The maximum atomic E-state index is 12.9. The Morgan fingerprint density at radius 2 is 1.19 bits per heavy atom. The van der Waals surface area contributed by atoms with Crippen molar-refractivity contribution in [1.82, 2.24) is 15.5 Å². The van der Waals surface area contributed by atoms with E-state index in [1.165, 1.54) is 0 Å². The fourth-order valence-corrected chi connectivity index (χ4v) is 8.62. The van der Waals surface area contributed by atoms with Crippen molar-refractivity contribution in [1.29, 1.82) is 0 Å². The number of amidine groups is 2. The lowest BCUT2D eigenvalue weighted by atomic mass is 9.95. The molecule has 2 amide bonds. The van der Waals surface area contributed by atoms with Crippen molar-refractivity contribution in [3.63, 3.8) is 0 Å². The highest BCUT2D eigenvalue weighted by Crippen LogP contribution is 2.43. The summed E-state index contributed by atoms with van der Waals surface area (Å²) in [6.45, 7) is 25.6. The molecule has 0 aliphatic carbocycles. The Morgan fingerprint density at radius 1 is 0.786 bits per heavy atom. The van der Waals surface area contributed by atoms with E-state index in [1.54, 1.807) is 37.6 Å². The van der Waals surface area contributed by atoms with Gasteiger partial charge >= 0.3 is 0 Å². The monoisotopic (exact) mass is 659 g/mol. The van der Waals surface area contributed by atoms with Crippen molar-refractivity contribution >= 4 is 62.3 Å². The molecule has 0 saturated carbocycles. The lowest BCUT2D eigenvalue weighted by Gasteiger charge is -2.38. The van der Waals surface area contributed by atoms with Gasteiger partial charge in [-0.1, -0.05) is 65.1 Å². The second kappa shape index (κ2) is 14.2. The van der Waals surface area contributed by atoms with E-state index in [2.05, 4.69) is 100 Å². The first-order valence-electron chi connectivity index (χ1n) is 15.0. The average Bonchev–Trinajstić information content (AvgIpc) is 3.35. The van der Waals surface area contributed by atoms with Gasteiger partial charge in [0.15, 0.2) is 27.0 Å². The quantitative estimate of drug-likeness (QED) is 0.322. The summed E-state index contributed by atoms with van der Waals surface area (Å²) in [5, 5.41) is 7.57. The first-order valence-corrected chi connectivity index (χ1v) is 22.5. The van der Waals surface area contributed by atoms with Crippen LogP contribution in [0.3, 0.4) is 0 Å². The molecule has 0 radical (unpaired) electrons. The summed E-state index contributed by atoms with van der Waals surface area (Å²) in [6.07, 6.45) is 3.21. The van der Waals surface area contributed by atoms with Gasteiger partial charge in [0.05, 0.1) is 0 Å². The molecule has 2 N–H and O–H groups in total. The van der Waals surface area contributed by atoms with Gasteiger partial charge < -0.3 is 24.4 Å². The van der Waals surface area contributed by atoms with Gasteiger partial charge in [0, 0.05) is 27.3 Å². The molecule has 3 aliphatic rings. The number of carbonyl (C=O) groups is 2. The van der Waals surface area contributed by atoms with Crippen molar-refractivity contribution in [3.05, 3.63) is 0 Å². The third-order valence-electron chi connectivity index (χ3n) is 9.60. The van der Waals surface area contributed by atoms with Crippen molar-refractivity contribution in [2.75, 3.05) is 47.4 Å². The molecule has 3 rings (SSSR count). The van der Waals surface area contributed by atoms with E-state index in [1.807, 2.05) is 0 Å². The zero-order chi connectivity index (χ0) is 32.2. The van der Waals surface area contributed by atoms with Crippen LogP contribution in [0, 0.1) is 0 Å². The minimum absolute atomic E-state index is 0.0377. The number of carbonyl (C=O) groups excluding carboxylic acids is 2. The molecule has 1 spiro atoms. The van der Waals surface area contributed by atoms with E-state index < -0.39 is 21.4 Å². The Bertz CT molecular complexity index is 998. The van der Waals surface area contributed by atoms with Crippen LogP contribution in [0.25, 0.3) is 0 Å². The molecule has 13 heteroatoms. The van der Waals surface area contributed by atoms with Crippen molar-refractivity contribution in [3.8, 4) is 0 Å². The van der Waals surface area contributed by atoms with Gasteiger partial charge in [-0.3, -0.25) is 19.6 Å². The maximum absolute atomic E-state index is 12.9. The zero-order valence-corrected chi connectivity index (χ0v) is 32.1. The number of thioether (sulfide) groups is 2. The Labute approximate surface area is 265 Å². The standard InChI is InChI=1S/C20H42N2O3SSi2.C9H15N3OS/c1-18(2,3)27(8,9)24-14-12-20(16(23)22-17(21-7)26-20)13-15-25-28(10,11)19(4,5)6;1-10-8-11-7(13)9(14-8)3-5-12(2)6-4-9/h12-15H2,1-11H3,(H,21,22,23);3-6H2,1-2H3,(H,10,11,13). The summed E-state index contributed by atoms with van der Waals surface area (Å²) < 4.78 is 12.0. The Balaban J connectivity index is 0.000000363. The normalized spacial score (nSPS) is 23.3. The number of nitrogens with zero attached hydrogens (tertiary/aromatic N) is 3. The van der Waals surface area contributed by atoms with Crippen LogP contribution < -0.4 is 10.6 Å². The van der Waals surface area contributed by atoms with E-state index in [-0.39, 0.29) is 26.6 Å². The fourth-order valence-electron chi connectivity index (χ4n) is 4.28. The number of rotatable bonds is 8. The van der Waals surface area contributed by atoms with E-state index in [4.69, 9.17) is 8.85 Å². The number of nitrogens with one attached hydrogen (secondary N) is 2. The molecule has 0 aromatic heterocycles. The molecule has 0 atom stereocenters. The summed E-state index contributed by atoms with van der Waals surface area (Å²) in [4.78, 5) is 35.2. The molecule has 3 heterocycles. The van der Waals surface area contributed by atoms with Crippen LogP contribution in [0.2, 0.25) is 36.3 Å². The lowest BCUT2D eigenvalue weighted by molar-refractivity contribution is -0.123. The Morgan fingerprint density at radius 3 is 1.55 bits per heavy atom. The third kappa shape index (κ3) is 9.16. The fraction of sp³-hybridized carbons (Fsp3) is 0.862. The Hall–Kier alpha value is -0.706. The molecule has 3 saturated heterocycles. The van der Waals surface area contributed by atoms with Gasteiger partial charge in [0.25, 0.3) is 0 Å². The SMILES string of the molecule is CN=C1NC(=O)C(CCO[Si](C)(C)C(C)(C)C)(CCO[Si](C)(C)C(C)(C)C)S1.CN=C1NC(=O)C2(CCN(C)CC2)S1. The molecule has 9 nitrogen and oxygen atoms in total. The topological polar surface area (TPSA) is 105 Å². The summed E-state index contributed by atoms with van der Waals surface area (Å²) in [5.74, 6) is 0.187. The van der Waals surface area contributed by atoms with Crippen LogP contribution in [-0.2, 0) is 18.4 Å². The number of aliphatic imine (C=N–C) groups is 2. The Kier molecular flexibility index (Phi) is 12.6. The van der Waals surface area contributed by atoms with E-state index >= 15 is 0 Å². The van der Waals surface area contributed by atoms with Crippen molar-refractivity contribution in [2.24, 2.45) is 9.98 Å². The van der Waals surface area contributed by atoms with Crippen LogP contribution in [-0.4, -0.2) is 101 Å². The smallest absolute Gasteiger partial charge is 0.242 e. The highest BCUT2D eigenvalue weighted by molar-refractivity contribution is 8.16. The van der Waals surface area contributed by atoms with E-state index in [0.717, 1.165) is 31.1 Å². The summed E-state index contributed by atoms with van der Waals surface area (Å²) in [7, 11) is 1.86. The lowest BCUT2D eigenvalue weighted by Crippen LogP contribution is -2.46. The van der Waals surface area contributed by atoms with Crippen LogP contribution >= 0.6 is 23.5 Å². The molecule has 0 unspecified atom stereocenters. The average molecular weight is 660 g/mol. The van der Waals surface area contributed by atoms with Gasteiger partial charge in [-0.05, 0) is 82.1 Å². The summed E-state index contributed by atoms with van der Waals surface area (Å²) in [5.41, 5.74) is 0. The van der Waals surface area contributed by atoms with Crippen LogP contribution in [0.1, 0.15) is 67.2 Å². The molecule has 0 aromatic carbocycles. The zero-order valence-electron chi connectivity index (χ0n) is 28.4. The number of amides is 2. The number of hydrogen-bond donors (Lipinski definition) is 2. The number of likely N-dealkylation sites (tertiary alicyclic amines) is 1. The van der Waals surface area contributed by atoms with Gasteiger partial charge in [-0.2, -0.15) is 0 Å². The maximum Gasteiger partial charge on any atom is 0.242 e. The van der Waals surface area contributed by atoms with Crippen molar-refractivity contribution < 1.29 is 18.4 Å². The van der Waals surface area contributed by atoms with Gasteiger partial charge in [0.2, 0.25) is 11.8 Å². The van der Waals surface area contributed by atoms with E-state index in [9.17, 15) is 9.59 Å². The minimum atomic E-state index is -1.84. The van der Waals surface area contributed by atoms with Gasteiger partial charge in [0.1, 0.15) is 9.49 Å². The predicted octanol–water partition coefficient (Wildman–Crippen LogP) is 5.70. The van der Waals surface area contributed by atoms with Gasteiger partial charge in [-0.15, -0.1) is 0 Å². The molecule has 0 aromatic rings. The highest BCUT2D eigenvalue weighted by Gasteiger charge is 2.49. The highest BCUT2D eigenvalue weighted by atomic mass is 32.2. The molecule has 3 aliphatic heterocycles. The largest absolute Gasteiger partial charge is 0.417 e. The third-order valence-corrected chi connectivity index (χ3v) is 21.6. The van der Waals surface area contributed by atoms with E-state index in [0.29, 0.717) is 31.2 Å². The number of piperidine rings is 1.